The molecule has 0 N–H and O–H groups in total. The minimum Gasteiger partial charge on any atom is -0.454 e. The first kappa shape index (κ1) is 16.0. The Bertz CT molecular complexity index is 1200. The van der Waals surface area contributed by atoms with Gasteiger partial charge in [0.2, 0.25) is 0 Å². The van der Waals surface area contributed by atoms with Crippen molar-refractivity contribution in [2.45, 2.75) is 0 Å². The maximum absolute atomic E-state index is 13.2. The average Bonchev–Trinajstić information content (AvgIpc) is 3.36. The number of para-hydroxylation sites is 1. The second-order valence-corrected chi connectivity index (χ2v) is 7.13. The van der Waals surface area contributed by atoms with Gasteiger partial charge < -0.3 is 4.42 Å². The van der Waals surface area contributed by atoms with Gasteiger partial charge in [-0.15, -0.1) is 11.3 Å². The second-order valence-electron chi connectivity index (χ2n) is 6.27. The molecule has 0 amide bonds. The number of nitrogens with zero attached hydrogens (tertiary/aromatic N) is 1. The highest BCUT2D eigenvalue weighted by molar-refractivity contribution is 7.13. The summed E-state index contributed by atoms with van der Waals surface area (Å²) < 4.78 is 19.1. The Labute approximate surface area is 159 Å². The quantitative estimate of drug-likeness (QED) is 0.340. The zero-order valence-electron chi connectivity index (χ0n) is 14.2. The summed E-state index contributed by atoms with van der Waals surface area (Å²) in [6, 6.07) is 24.6. The van der Waals surface area contributed by atoms with Gasteiger partial charge in [-0.2, -0.15) is 0 Å². The van der Waals surface area contributed by atoms with Gasteiger partial charge in [0, 0.05) is 16.3 Å². The first-order chi connectivity index (χ1) is 13.3. The maximum atomic E-state index is 13.2. The molecule has 0 radical (unpaired) electrons. The van der Waals surface area contributed by atoms with E-state index in [1.54, 1.807) is 23.5 Å². The zero-order valence-corrected chi connectivity index (χ0v) is 15.0. The van der Waals surface area contributed by atoms with Crippen LogP contribution in [0.4, 0.5) is 4.39 Å². The molecular formula is C23H14FNOS. The van der Waals surface area contributed by atoms with Crippen LogP contribution < -0.4 is 0 Å². The topological polar surface area (TPSA) is 26.0 Å². The van der Waals surface area contributed by atoms with Crippen LogP contribution in [0.1, 0.15) is 0 Å². The molecule has 2 aromatic heterocycles. The van der Waals surface area contributed by atoms with Crippen LogP contribution in [0.25, 0.3) is 44.1 Å². The Morgan fingerprint density at radius 3 is 2.44 bits per heavy atom. The third-order valence-corrected chi connectivity index (χ3v) is 5.33. The lowest BCUT2D eigenvalue weighted by Gasteiger charge is -2.04. The largest absolute Gasteiger partial charge is 0.454 e. The SMILES string of the molecule is Fc1ccc(-c2cccc(-c3csc(-c4cc5ccccc5o4)n3)c2)cc1. The predicted molar refractivity (Wildman–Crippen MR) is 108 cm³/mol. The summed E-state index contributed by atoms with van der Waals surface area (Å²) >= 11 is 1.56. The molecule has 0 atom stereocenters. The van der Waals surface area contributed by atoms with Crippen molar-refractivity contribution in [3.8, 4) is 33.2 Å². The van der Waals surface area contributed by atoms with E-state index in [2.05, 4.69) is 6.07 Å². The predicted octanol–water partition coefficient (Wildman–Crippen LogP) is 7.03. The van der Waals surface area contributed by atoms with Crippen molar-refractivity contribution in [2.24, 2.45) is 0 Å². The minimum atomic E-state index is -0.232. The third kappa shape index (κ3) is 3.04. The number of rotatable bonds is 3. The number of halogens is 1. The van der Waals surface area contributed by atoms with Crippen LogP contribution in [0.3, 0.4) is 0 Å². The second kappa shape index (κ2) is 6.49. The van der Waals surface area contributed by atoms with Crippen molar-refractivity contribution in [2.75, 3.05) is 0 Å². The van der Waals surface area contributed by atoms with Gasteiger partial charge in [-0.05, 0) is 41.5 Å². The number of benzene rings is 3. The van der Waals surface area contributed by atoms with Crippen molar-refractivity contribution in [1.82, 2.24) is 4.98 Å². The molecule has 0 bridgehead atoms. The van der Waals surface area contributed by atoms with Crippen LogP contribution in [-0.2, 0) is 0 Å². The highest BCUT2D eigenvalue weighted by atomic mass is 32.1. The summed E-state index contributed by atoms with van der Waals surface area (Å²) in [6.07, 6.45) is 0. The molecule has 0 unspecified atom stereocenters. The molecule has 0 saturated heterocycles. The minimum absolute atomic E-state index is 0.232. The van der Waals surface area contributed by atoms with E-state index in [1.165, 1.54) is 12.1 Å². The molecule has 3 aromatic carbocycles. The van der Waals surface area contributed by atoms with E-state index in [-0.39, 0.29) is 5.82 Å². The summed E-state index contributed by atoms with van der Waals surface area (Å²) in [5.41, 5.74) is 4.80. The van der Waals surface area contributed by atoms with Gasteiger partial charge in [-0.1, -0.05) is 48.5 Å². The fraction of sp³-hybridized carbons (Fsp3) is 0. The van der Waals surface area contributed by atoms with Gasteiger partial charge in [-0.3, -0.25) is 0 Å². The zero-order chi connectivity index (χ0) is 18.2. The van der Waals surface area contributed by atoms with Gasteiger partial charge in [0.1, 0.15) is 11.4 Å². The molecule has 0 aliphatic rings. The van der Waals surface area contributed by atoms with Crippen LogP contribution in [-0.4, -0.2) is 4.98 Å². The standard InChI is InChI=1S/C23H14FNOS/c24-19-10-8-15(9-11-19)16-5-3-6-17(12-16)20-14-27-23(25-20)22-13-18-4-1-2-7-21(18)26-22/h1-14H. The van der Waals surface area contributed by atoms with Crippen molar-refractivity contribution < 1.29 is 8.81 Å². The van der Waals surface area contributed by atoms with E-state index in [1.807, 2.05) is 53.9 Å². The molecule has 0 aliphatic heterocycles. The Morgan fingerprint density at radius 2 is 1.59 bits per heavy atom. The highest BCUT2D eigenvalue weighted by Crippen LogP contribution is 2.33. The molecule has 2 heterocycles. The summed E-state index contributed by atoms with van der Waals surface area (Å²) in [7, 11) is 0. The van der Waals surface area contributed by atoms with E-state index in [0.717, 1.165) is 44.1 Å². The van der Waals surface area contributed by atoms with Crippen LogP contribution >= 0.6 is 11.3 Å². The van der Waals surface area contributed by atoms with Gasteiger partial charge >= 0.3 is 0 Å². The number of hydrogen-bond acceptors (Lipinski definition) is 3. The highest BCUT2D eigenvalue weighted by Gasteiger charge is 2.12. The van der Waals surface area contributed by atoms with E-state index < -0.39 is 0 Å². The number of fused-ring (bicyclic) bond motifs is 1. The van der Waals surface area contributed by atoms with Crippen LogP contribution in [0.2, 0.25) is 0 Å². The first-order valence-electron chi connectivity index (χ1n) is 8.57. The van der Waals surface area contributed by atoms with Crippen LogP contribution in [0.15, 0.2) is 88.7 Å². The fourth-order valence-corrected chi connectivity index (χ4v) is 3.89. The summed E-state index contributed by atoms with van der Waals surface area (Å²) in [5, 5.41) is 3.96. The first-order valence-corrected chi connectivity index (χ1v) is 9.45. The summed E-state index contributed by atoms with van der Waals surface area (Å²) in [5.74, 6) is 0.548. The monoisotopic (exact) mass is 371 g/mol. The lowest BCUT2D eigenvalue weighted by Crippen LogP contribution is -1.82. The molecule has 0 saturated carbocycles. The molecule has 5 aromatic rings. The van der Waals surface area contributed by atoms with E-state index >= 15 is 0 Å². The van der Waals surface area contributed by atoms with E-state index in [4.69, 9.17) is 9.40 Å². The molecular weight excluding hydrogens is 357 g/mol. The Balaban J connectivity index is 1.50. The number of furan rings is 1. The molecule has 0 spiro atoms. The molecule has 2 nitrogen and oxygen atoms in total. The maximum Gasteiger partial charge on any atom is 0.164 e. The summed E-state index contributed by atoms with van der Waals surface area (Å²) in [6.45, 7) is 0. The van der Waals surface area contributed by atoms with Gasteiger partial charge in [0.15, 0.2) is 10.8 Å². The molecule has 27 heavy (non-hydrogen) atoms. The fourth-order valence-electron chi connectivity index (χ4n) is 3.11. The molecule has 0 fully saturated rings. The van der Waals surface area contributed by atoms with Crippen molar-refractivity contribution in [3.05, 3.63) is 90.1 Å². The van der Waals surface area contributed by atoms with Crippen LogP contribution in [0.5, 0.6) is 0 Å². The normalized spacial score (nSPS) is 11.1. The number of hydrogen-bond donors (Lipinski definition) is 0. The smallest absolute Gasteiger partial charge is 0.164 e. The van der Waals surface area contributed by atoms with E-state index in [0.29, 0.717) is 0 Å². The van der Waals surface area contributed by atoms with Crippen molar-refractivity contribution in [3.63, 3.8) is 0 Å². The number of thiazole rings is 1. The summed E-state index contributed by atoms with van der Waals surface area (Å²) in [4.78, 5) is 4.76. The van der Waals surface area contributed by atoms with Gasteiger partial charge in [0.05, 0.1) is 5.69 Å². The average molecular weight is 371 g/mol. The molecule has 130 valence electrons. The molecule has 4 heteroatoms. The van der Waals surface area contributed by atoms with Gasteiger partial charge in [0.25, 0.3) is 0 Å². The molecule has 0 aliphatic carbocycles. The van der Waals surface area contributed by atoms with Crippen molar-refractivity contribution in [1.29, 1.82) is 0 Å². The lowest BCUT2D eigenvalue weighted by molar-refractivity contribution is 0.628. The Kier molecular flexibility index (Phi) is 3.84. The number of aromatic nitrogens is 1. The third-order valence-electron chi connectivity index (χ3n) is 4.48. The van der Waals surface area contributed by atoms with Crippen molar-refractivity contribution >= 4 is 22.3 Å². The van der Waals surface area contributed by atoms with Gasteiger partial charge in [-0.25, -0.2) is 9.37 Å². The van der Waals surface area contributed by atoms with E-state index in [9.17, 15) is 4.39 Å². The lowest BCUT2D eigenvalue weighted by atomic mass is 10.0. The Morgan fingerprint density at radius 1 is 0.778 bits per heavy atom. The van der Waals surface area contributed by atoms with Crippen LogP contribution in [0, 0.1) is 5.82 Å². The molecule has 5 rings (SSSR count). The Hall–Kier alpha value is -3.24.